The van der Waals surface area contributed by atoms with Gasteiger partial charge in [-0.05, 0) is 31.9 Å². The summed E-state index contributed by atoms with van der Waals surface area (Å²) in [6.45, 7) is 1.72. The Morgan fingerprint density at radius 1 is 1.04 bits per heavy atom. The number of rotatable bonds is 4. The quantitative estimate of drug-likeness (QED) is 0.833. The molecule has 0 atom stereocenters. The minimum Gasteiger partial charge on any atom is -0.367 e. The SMILES string of the molecule is Cc1nc(Nc2ccccc2C(F)(F)F)cc(NC2CCCC2)n1. The van der Waals surface area contributed by atoms with Crippen molar-refractivity contribution >= 4 is 17.3 Å². The third-order valence-electron chi connectivity index (χ3n) is 4.04. The van der Waals surface area contributed by atoms with Gasteiger partial charge in [0, 0.05) is 12.1 Å². The van der Waals surface area contributed by atoms with Crippen molar-refractivity contribution in [3.63, 3.8) is 0 Å². The van der Waals surface area contributed by atoms with E-state index in [-0.39, 0.29) is 5.69 Å². The molecule has 1 fully saturated rings. The number of aryl methyl sites for hydroxylation is 1. The first-order valence-electron chi connectivity index (χ1n) is 7.97. The first-order chi connectivity index (χ1) is 11.4. The van der Waals surface area contributed by atoms with Crippen LogP contribution < -0.4 is 10.6 Å². The van der Waals surface area contributed by atoms with Gasteiger partial charge in [0.25, 0.3) is 0 Å². The Morgan fingerprint density at radius 2 is 1.71 bits per heavy atom. The maximum Gasteiger partial charge on any atom is 0.418 e. The number of anilines is 3. The van der Waals surface area contributed by atoms with Crippen LogP contribution in [0, 0.1) is 6.92 Å². The summed E-state index contributed by atoms with van der Waals surface area (Å²) in [5.41, 5.74) is -0.735. The van der Waals surface area contributed by atoms with E-state index in [9.17, 15) is 13.2 Å². The summed E-state index contributed by atoms with van der Waals surface area (Å²) in [5, 5.41) is 6.11. The summed E-state index contributed by atoms with van der Waals surface area (Å²) in [5.74, 6) is 1.49. The van der Waals surface area contributed by atoms with Crippen molar-refractivity contribution < 1.29 is 13.2 Å². The molecule has 128 valence electrons. The number of aromatic nitrogens is 2. The Bertz CT molecular complexity index is 709. The third kappa shape index (κ3) is 3.96. The van der Waals surface area contributed by atoms with Crippen LogP contribution in [0.1, 0.15) is 37.1 Å². The number of hydrogen-bond acceptors (Lipinski definition) is 4. The molecule has 1 saturated carbocycles. The highest BCUT2D eigenvalue weighted by molar-refractivity contribution is 5.63. The Hall–Kier alpha value is -2.31. The summed E-state index contributed by atoms with van der Waals surface area (Å²) < 4.78 is 39.3. The molecule has 2 N–H and O–H groups in total. The van der Waals surface area contributed by atoms with Crippen molar-refractivity contribution in [2.75, 3.05) is 10.6 Å². The number of halogens is 3. The Kier molecular flexibility index (Phi) is 4.59. The standard InChI is InChI=1S/C17H19F3N4/c1-11-21-15(23-12-6-2-3-7-12)10-16(22-11)24-14-9-5-4-8-13(14)17(18,19)20/h4-5,8-10,12H,2-3,6-7H2,1H3,(H2,21,22,23,24). The molecule has 0 amide bonds. The summed E-state index contributed by atoms with van der Waals surface area (Å²) in [6, 6.07) is 7.39. The first kappa shape index (κ1) is 16.5. The average Bonchev–Trinajstić information content (AvgIpc) is 2.99. The van der Waals surface area contributed by atoms with Gasteiger partial charge >= 0.3 is 6.18 Å². The predicted octanol–water partition coefficient (Wildman–Crippen LogP) is 4.90. The fraction of sp³-hybridized carbons (Fsp3) is 0.412. The van der Waals surface area contributed by atoms with Gasteiger partial charge in [-0.15, -0.1) is 0 Å². The molecule has 2 aromatic rings. The van der Waals surface area contributed by atoms with E-state index in [1.807, 2.05) is 0 Å². The molecule has 1 aromatic carbocycles. The molecule has 1 aliphatic carbocycles. The van der Waals surface area contributed by atoms with Crippen molar-refractivity contribution in [1.82, 2.24) is 9.97 Å². The van der Waals surface area contributed by atoms with E-state index in [0.29, 0.717) is 23.5 Å². The van der Waals surface area contributed by atoms with Crippen molar-refractivity contribution in [2.24, 2.45) is 0 Å². The van der Waals surface area contributed by atoms with Crippen molar-refractivity contribution in [1.29, 1.82) is 0 Å². The largest absolute Gasteiger partial charge is 0.418 e. The van der Waals surface area contributed by atoms with Crippen LogP contribution in [0.25, 0.3) is 0 Å². The second kappa shape index (κ2) is 6.67. The van der Waals surface area contributed by atoms with Gasteiger partial charge in [-0.3, -0.25) is 0 Å². The Morgan fingerprint density at radius 3 is 2.42 bits per heavy atom. The number of alkyl halides is 3. The minimum absolute atomic E-state index is 0.0186. The first-order valence-corrected chi connectivity index (χ1v) is 7.97. The molecule has 1 heterocycles. The zero-order valence-corrected chi connectivity index (χ0v) is 13.3. The molecule has 0 radical (unpaired) electrons. The van der Waals surface area contributed by atoms with Crippen LogP contribution in [-0.2, 0) is 6.18 Å². The topological polar surface area (TPSA) is 49.8 Å². The number of nitrogens with zero attached hydrogens (tertiary/aromatic N) is 2. The summed E-state index contributed by atoms with van der Waals surface area (Å²) in [6.07, 6.45) is 0.125. The maximum atomic E-state index is 13.1. The molecule has 24 heavy (non-hydrogen) atoms. The maximum absolute atomic E-state index is 13.1. The summed E-state index contributed by atoms with van der Waals surface area (Å²) >= 11 is 0. The van der Waals surface area contributed by atoms with Gasteiger partial charge in [0.1, 0.15) is 17.5 Å². The fourth-order valence-electron chi connectivity index (χ4n) is 2.96. The molecule has 4 nitrogen and oxygen atoms in total. The van der Waals surface area contributed by atoms with Crippen LogP contribution in [0.4, 0.5) is 30.5 Å². The number of benzene rings is 1. The van der Waals surface area contributed by atoms with Crippen LogP contribution in [0.5, 0.6) is 0 Å². The number of hydrogen-bond donors (Lipinski definition) is 2. The molecule has 0 saturated heterocycles. The van der Waals surface area contributed by atoms with Crippen molar-refractivity contribution in [3.05, 3.63) is 41.7 Å². The van der Waals surface area contributed by atoms with E-state index in [2.05, 4.69) is 20.6 Å². The Labute approximate surface area is 138 Å². The van der Waals surface area contributed by atoms with E-state index < -0.39 is 11.7 Å². The lowest BCUT2D eigenvalue weighted by Crippen LogP contribution is -2.16. The van der Waals surface area contributed by atoms with Gasteiger partial charge in [-0.25, -0.2) is 9.97 Å². The molecule has 3 rings (SSSR count). The van der Waals surface area contributed by atoms with Crippen LogP contribution in [0.15, 0.2) is 30.3 Å². The monoisotopic (exact) mass is 336 g/mol. The van der Waals surface area contributed by atoms with E-state index in [0.717, 1.165) is 18.9 Å². The Balaban J connectivity index is 1.84. The van der Waals surface area contributed by atoms with Crippen LogP contribution >= 0.6 is 0 Å². The molecule has 0 aliphatic heterocycles. The third-order valence-corrected chi connectivity index (χ3v) is 4.04. The van der Waals surface area contributed by atoms with Crippen LogP contribution in [0.3, 0.4) is 0 Å². The molecule has 0 unspecified atom stereocenters. The second-order valence-corrected chi connectivity index (χ2v) is 5.98. The van der Waals surface area contributed by atoms with E-state index in [1.165, 1.54) is 25.0 Å². The van der Waals surface area contributed by atoms with Gasteiger partial charge in [0.2, 0.25) is 0 Å². The molecule has 7 heteroatoms. The highest BCUT2D eigenvalue weighted by Crippen LogP contribution is 2.35. The lowest BCUT2D eigenvalue weighted by molar-refractivity contribution is -0.136. The second-order valence-electron chi connectivity index (χ2n) is 5.98. The zero-order chi connectivity index (χ0) is 17.2. The van der Waals surface area contributed by atoms with E-state index in [1.54, 1.807) is 19.1 Å². The highest BCUT2D eigenvalue weighted by atomic mass is 19.4. The molecule has 1 aromatic heterocycles. The molecule has 0 spiro atoms. The smallest absolute Gasteiger partial charge is 0.367 e. The van der Waals surface area contributed by atoms with Gasteiger partial charge in [-0.1, -0.05) is 25.0 Å². The van der Waals surface area contributed by atoms with Crippen LogP contribution in [0.2, 0.25) is 0 Å². The van der Waals surface area contributed by atoms with Gasteiger partial charge in [0.05, 0.1) is 11.3 Å². The zero-order valence-electron chi connectivity index (χ0n) is 13.3. The fourth-order valence-corrected chi connectivity index (χ4v) is 2.96. The lowest BCUT2D eigenvalue weighted by Gasteiger charge is -2.16. The number of para-hydroxylation sites is 1. The molecular weight excluding hydrogens is 317 g/mol. The van der Waals surface area contributed by atoms with Gasteiger partial charge in [0.15, 0.2) is 0 Å². The van der Waals surface area contributed by atoms with Crippen LogP contribution in [-0.4, -0.2) is 16.0 Å². The average molecular weight is 336 g/mol. The summed E-state index contributed by atoms with van der Waals surface area (Å²) in [4.78, 5) is 8.52. The van der Waals surface area contributed by atoms with Gasteiger partial charge in [-0.2, -0.15) is 13.2 Å². The number of nitrogens with one attached hydrogen (secondary N) is 2. The molecule has 0 bridgehead atoms. The molecule has 1 aliphatic rings. The highest BCUT2D eigenvalue weighted by Gasteiger charge is 2.33. The van der Waals surface area contributed by atoms with Crippen molar-refractivity contribution in [2.45, 2.75) is 44.8 Å². The van der Waals surface area contributed by atoms with Crippen molar-refractivity contribution in [3.8, 4) is 0 Å². The molecular formula is C17H19F3N4. The normalized spacial score (nSPS) is 15.5. The lowest BCUT2D eigenvalue weighted by atomic mass is 10.1. The van der Waals surface area contributed by atoms with E-state index >= 15 is 0 Å². The van der Waals surface area contributed by atoms with E-state index in [4.69, 9.17) is 0 Å². The predicted molar refractivity (Wildman–Crippen MR) is 87.4 cm³/mol. The van der Waals surface area contributed by atoms with Gasteiger partial charge < -0.3 is 10.6 Å². The minimum atomic E-state index is -4.42. The summed E-state index contributed by atoms with van der Waals surface area (Å²) in [7, 11) is 0.